The molecule has 6 aromatic heterocycles. The van der Waals surface area contributed by atoms with E-state index in [2.05, 4.69) is 267 Å². The number of hydrogen-bond donors (Lipinski definition) is 0. The van der Waals surface area contributed by atoms with Gasteiger partial charge in [0.1, 0.15) is 22.2 Å². The highest BCUT2D eigenvalue weighted by molar-refractivity contribution is 7.25. The maximum Gasteiger partial charge on any atom is 0.160 e. The van der Waals surface area contributed by atoms with Crippen LogP contribution < -0.4 is 0 Å². The molecule has 446 valence electrons. The summed E-state index contributed by atoms with van der Waals surface area (Å²) in [6.07, 6.45) is 0. The number of furan rings is 1. The van der Waals surface area contributed by atoms with E-state index in [-0.39, 0.29) is 0 Å². The van der Waals surface area contributed by atoms with Gasteiger partial charge in [-0.25, -0.2) is 29.9 Å². The summed E-state index contributed by atoms with van der Waals surface area (Å²) in [5.74, 6) is 1.25. The summed E-state index contributed by atoms with van der Waals surface area (Å²) in [4.78, 5) is 33.1. The van der Waals surface area contributed by atoms with Gasteiger partial charge in [-0.1, -0.05) is 243 Å². The first-order valence-corrected chi connectivity index (χ1v) is 33.0. The minimum absolute atomic E-state index is 0.627. The molecule has 0 N–H and O–H groups in total. The van der Waals surface area contributed by atoms with E-state index in [1.807, 2.05) is 59.9 Å². The fraction of sp³-hybridized carbons (Fsp3) is 0. The number of benzene rings is 13. The Hall–Kier alpha value is -12.6. The summed E-state index contributed by atoms with van der Waals surface area (Å²) in [7, 11) is 0. The second kappa shape index (κ2) is 22.6. The number of rotatable bonds is 10. The third-order valence-corrected chi connectivity index (χ3v) is 19.8. The van der Waals surface area contributed by atoms with Crippen molar-refractivity contribution in [3.63, 3.8) is 0 Å². The fourth-order valence-electron chi connectivity index (χ4n) is 14.0. The quantitative estimate of drug-likeness (QED) is 0.126. The Labute approximate surface area is 555 Å². The highest BCUT2D eigenvalue weighted by atomic mass is 32.1. The van der Waals surface area contributed by atoms with Crippen molar-refractivity contribution < 1.29 is 4.42 Å². The lowest BCUT2D eigenvalue weighted by atomic mass is 9.94. The zero-order valence-electron chi connectivity index (χ0n) is 51.5. The maximum absolute atomic E-state index is 6.19. The van der Waals surface area contributed by atoms with Crippen LogP contribution in [0.5, 0.6) is 0 Å². The smallest absolute Gasteiger partial charge is 0.160 e. The summed E-state index contributed by atoms with van der Waals surface area (Å²) in [6, 6.07) is 111. The predicted molar refractivity (Wildman–Crippen MR) is 398 cm³/mol. The van der Waals surface area contributed by atoms with Gasteiger partial charge in [0.05, 0.1) is 33.8 Å². The van der Waals surface area contributed by atoms with Gasteiger partial charge in [-0.2, -0.15) is 0 Å². The van der Waals surface area contributed by atoms with Gasteiger partial charge in [0.25, 0.3) is 0 Å². The van der Waals surface area contributed by atoms with Crippen molar-refractivity contribution in [2.45, 2.75) is 0 Å². The van der Waals surface area contributed by atoms with E-state index in [4.69, 9.17) is 34.3 Å². The van der Waals surface area contributed by atoms with Crippen molar-refractivity contribution in [3.8, 4) is 112 Å². The molecular formula is C88H52N6OS. The maximum atomic E-state index is 6.19. The zero-order chi connectivity index (χ0) is 63.2. The monoisotopic (exact) mass is 1240 g/mol. The van der Waals surface area contributed by atoms with Gasteiger partial charge < -0.3 is 4.42 Å². The van der Waals surface area contributed by atoms with Gasteiger partial charge in [-0.05, 0) is 117 Å². The summed E-state index contributed by atoms with van der Waals surface area (Å²) >= 11 is 1.82. The molecule has 0 bridgehead atoms. The zero-order valence-corrected chi connectivity index (χ0v) is 52.3. The molecule has 13 aromatic carbocycles. The summed E-state index contributed by atoms with van der Waals surface area (Å²) < 4.78 is 8.71. The average Bonchev–Trinajstić information content (AvgIpc) is 0.965. The third-order valence-electron chi connectivity index (χ3n) is 18.7. The molecule has 96 heavy (non-hydrogen) atoms. The lowest BCUT2D eigenvalue weighted by molar-refractivity contribution is 0.669. The number of aromatic nitrogens is 6. The van der Waals surface area contributed by atoms with Gasteiger partial charge >= 0.3 is 0 Å². The molecule has 0 saturated carbocycles. The Balaban J connectivity index is 0.752. The second-order valence-corrected chi connectivity index (χ2v) is 25.5. The van der Waals surface area contributed by atoms with E-state index in [1.54, 1.807) is 0 Å². The molecule has 0 aliphatic carbocycles. The highest BCUT2D eigenvalue weighted by Crippen LogP contribution is 2.44. The highest BCUT2D eigenvalue weighted by Gasteiger charge is 2.22. The molecule has 0 aliphatic heterocycles. The largest absolute Gasteiger partial charge is 0.456 e. The van der Waals surface area contributed by atoms with Crippen molar-refractivity contribution in [2.24, 2.45) is 0 Å². The van der Waals surface area contributed by atoms with E-state index in [9.17, 15) is 0 Å². The van der Waals surface area contributed by atoms with Crippen molar-refractivity contribution in [3.05, 3.63) is 315 Å². The Kier molecular flexibility index (Phi) is 13.0. The normalized spacial score (nSPS) is 11.8. The average molecular weight is 1240 g/mol. The number of fused-ring (bicyclic) bond motifs is 12. The SMILES string of the molecule is c1ccc(-c2nc(-c3ccc(-c4ccc5oc6ccccc6c5c4)cc3)c3ccc4c(-c5ccccc5)cc(-c5cccc(-c6cccc(-c7nc(-c8ccccc8)nc8c7ccc7c(-c9ccccc9)cc(-c9ccc%10sc%11ccccc%11c%10c9)nc78)c6)c5)nc4c3n2)cc1. The van der Waals surface area contributed by atoms with E-state index in [0.717, 1.165) is 166 Å². The van der Waals surface area contributed by atoms with Gasteiger partial charge in [0.2, 0.25) is 0 Å². The molecular weight excluding hydrogens is 1190 g/mol. The summed E-state index contributed by atoms with van der Waals surface area (Å²) in [6.45, 7) is 0. The van der Waals surface area contributed by atoms with Gasteiger partial charge in [-0.15, -0.1) is 11.3 Å². The molecule has 19 rings (SSSR count). The van der Waals surface area contributed by atoms with Crippen LogP contribution in [0.2, 0.25) is 0 Å². The van der Waals surface area contributed by atoms with E-state index in [1.165, 1.54) is 20.2 Å². The molecule has 0 saturated heterocycles. The van der Waals surface area contributed by atoms with E-state index < -0.39 is 0 Å². The molecule has 0 spiro atoms. The standard InChI is InChI=1S/C88H52N6OS/c1-5-19-54(20-6-1)71-51-75(89-83-67(71)41-43-69-81(91-87(93-85(69)83)57-23-9-3-10-24-57)56-37-35-53(36-38-56)61-39-45-78-73(49-61)65-31-13-15-33-77(65)95-78)62-29-17-27-59(47-62)60-28-18-30-64(48-60)82-70-44-42-68-72(55-21-7-2-8-22-55)52-76(63-40-46-80-74(50-63)66-32-14-16-34-79(66)96-80)90-84(68)86(70)94-88(92-82)58-25-11-4-12-26-58/h1-52H. The molecule has 0 atom stereocenters. The van der Waals surface area contributed by atoms with Crippen LogP contribution in [0.25, 0.3) is 198 Å². The molecule has 0 unspecified atom stereocenters. The molecule has 8 heteroatoms. The number of thiophene rings is 1. The Morgan fingerprint density at radius 2 is 0.615 bits per heavy atom. The minimum Gasteiger partial charge on any atom is -0.456 e. The number of nitrogens with zero attached hydrogens (tertiary/aromatic N) is 6. The van der Waals surface area contributed by atoms with Crippen molar-refractivity contribution in [1.29, 1.82) is 0 Å². The first-order valence-electron chi connectivity index (χ1n) is 32.2. The molecule has 0 aliphatic rings. The number of para-hydroxylation sites is 1. The van der Waals surface area contributed by atoms with Crippen LogP contribution in [0.15, 0.2) is 320 Å². The van der Waals surface area contributed by atoms with Gasteiger partial charge in [0.15, 0.2) is 11.6 Å². The number of pyridine rings is 2. The Bertz CT molecular complexity index is 6310. The van der Waals surface area contributed by atoms with Crippen LogP contribution in [-0.4, -0.2) is 29.9 Å². The lowest BCUT2D eigenvalue weighted by Crippen LogP contribution is -1.98. The molecule has 0 fully saturated rings. The van der Waals surface area contributed by atoms with Gasteiger partial charge in [-0.3, -0.25) is 0 Å². The summed E-state index contributed by atoms with van der Waals surface area (Å²) in [5, 5.41) is 8.52. The predicted octanol–water partition coefficient (Wildman–Crippen LogP) is 23.6. The lowest BCUT2D eigenvalue weighted by Gasteiger charge is -2.16. The van der Waals surface area contributed by atoms with Crippen molar-refractivity contribution in [2.75, 3.05) is 0 Å². The third kappa shape index (κ3) is 9.49. The molecule has 19 aromatic rings. The fourth-order valence-corrected chi connectivity index (χ4v) is 15.0. The second-order valence-electron chi connectivity index (χ2n) is 24.4. The van der Waals surface area contributed by atoms with Crippen LogP contribution in [-0.2, 0) is 0 Å². The van der Waals surface area contributed by atoms with Gasteiger partial charge in [0, 0.05) is 85.9 Å². The topological polar surface area (TPSA) is 90.5 Å². The first-order chi connectivity index (χ1) is 47.5. The van der Waals surface area contributed by atoms with Crippen molar-refractivity contribution in [1.82, 2.24) is 29.9 Å². The van der Waals surface area contributed by atoms with Crippen LogP contribution in [0.3, 0.4) is 0 Å². The molecule has 0 amide bonds. The minimum atomic E-state index is 0.627. The number of hydrogen-bond acceptors (Lipinski definition) is 8. The van der Waals surface area contributed by atoms with Crippen LogP contribution in [0.4, 0.5) is 0 Å². The molecule has 0 radical (unpaired) electrons. The first kappa shape index (κ1) is 55.1. The molecule has 6 heterocycles. The van der Waals surface area contributed by atoms with Crippen LogP contribution in [0, 0.1) is 0 Å². The van der Waals surface area contributed by atoms with Crippen LogP contribution >= 0.6 is 11.3 Å². The Morgan fingerprint density at radius 1 is 0.208 bits per heavy atom. The Morgan fingerprint density at radius 3 is 1.23 bits per heavy atom. The molecule has 7 nitrogen and oxygen atoms in total. The van der Waals surface area contributed by atoms with Crippen LogP contribution in [0.1, 0.15) is 0 Å². The van der Waals surface area contributed by atoms with Crippen molar-refractivity contribution >= 4 is 97.1 Å². The van der Waals surface area contributed by atoms with E-state index in [0.29, 0.717) is 11.6 Å². The summed E-state index contributed by atoms with van der Waals surface area (Å²) in [5.41, 5.74) is 22.7. The van der Waals surface area contributed by atoms with E-state index >= 15 is 0 Å².